The van der Waals surface area contributed by atoms with Gasteiger partial charge in [-0.3, -0.25) is 14.7 Å². The van der Waals surface area contributed by atoms with E-state index in [4.69, 9.17) is 4.74 Å². The molecule has 2 heterocycles. The van der Waals surface area contributed by atoms with E-state index in [1.165, 1.54) is 0 Å². The van der Waals surface area contributed by atoms with Crippen LogP contribution >= 0.6 is 0 Å². The number of urea groups is 1. The Labute approximate surface area is 246 Å². The standard InChI is InChI=1S/C33H37N5O4/c1-22-18-38(23(2)21-39)32(40)28-17-26(35-33(41)36-29-10-6-8-25-7-4-5-9-27(25)29)11-12-30(28)42-31(22)20-37(3)19-24-13-15-34-16-14-24/h4-17,22-23,31,39H,18-21H2,1-3H3,(H2,35,36,41)/t22-,23+,31-/m0/s1. The van der Waals surface area contributed by atoms with E-state index in [0.717, 1.165) is 22.9 Å². The maximum Gasteiger partial charge on any atom is 0.323 e. The van der Waals surface area contributed by atoms with Gasteiger partial charge in [-0.2, -0.15) is 0 Å². The Bertz CT molecular complexity index is 1540. The molecule has 0 unspecified atom stereocenters. The summed E-state index contributed by atoms with van der Waals surface area (Å²) < 4.78 is 6.50. The zero-order valence-electron chi connectivity index (χ0n) is 24.2. The lowest BCUT2D eigenvalue weighted by Crippen LogP contribution is -2.49. The molecule has 9 nitrogen and oxygen atoms in total. The van der Waals surface area contributed by atoms with Crippen LogP contribution in [0, 0.1) is 5.92 Å². The van der Waals surface area contributed by atoms with E-state index >= 15 is 0 Å². The van der Waals surface area contributed by atoms with Gasteiger partial charge in [0.05, 0.1) is 23.9 Å². The molecular formula is C33H37N5O4. The topological polar surface area (TPSA) is 107 Å². The highest BCUT2D eigenvalue weighted by atomic mass is 16.5. The van der Waals surface area contributed by atoms with Gasteiger partial charge in [-0.25, -0.2) is 4.79 Å². The number of carbonyl (C=O) groups is 2. The van der Waals surface area contributed by atoms with Gasteiger partial charge >= 0.3 is 6.03 Å². The summed E-state index contributed by atoms with van der Waals surface area (Å²) in [5, 5.41) is 17.7. The highest BCUT2D eigenvalue weighted by Crippen LogP contribution is 2.31. The molecule has 4 aromatic rings. The fourth-order valence-electron chi connectivity index (χ4n) is 5.31. The quantitative estimate of drug-likeness (QED) is 0.269. The van der Waals surface area contributed by atoms with Gasteiger partial charge in [0.1, 0.15) is 11.9 Å². The number of nitrogens with zero attached hydrogens (tertiary/aromatic N) is 3. The molecule has 0 saturated heterocycles. The van der Waals surface area contributed by atoms with Gasteiger partial charge in [0.2, 0.25) is 0 Å². The van der Waals surface area contributed by atoms with E-state index in [0.29, 0.717) is 35.8 Å². The van der Waals surface area contributed by atoms with Gasteiger partial charge < -0.3 is 25.4 Å². The smallest absolute Gasteiger partial charge is 0.323 e. The number of nitrogens with one attached hydrogen (secondary N) is 2. The van der Waals surface area contributed by atoms with Crippen LogP contribution in [0.3, 0.4) is 0 Å². The first-order chi connectivity index (χ1) is 20.3. The number of aliphatic hydroxyl groups is 1. The Morgan fingerprint density at radius 1 is 1.10 bits per heavy atom. The predicted octanol–water partition coefficient (Wildman–Crippen LogP) is 5.23. The number of carbonyl (C=O) groups excluding carboxylic acids is 2. The van der Waals surface area contributed by atoms with Gasteiger partial charge in [0, 0.05) is 49.0 Å². The van der Waals surface area contributed by atoms with Crippen molar-refractivity contribution in [2.45, 2.75) is 32.5 Å². The summed E-state index contributed by atoms with van der Waals surface area (Å²) in [6, 6.07) is 21.8. The van der Waals surface area contributed by atoms with Crippen molar-refractivity contribution in [3.63, 3.8) is 0 Å². The second-order valence-electron chi connectivity index (χ2n) is 11.0. The van der Waals surface area contributed by atoms with E-state index in [9.17, 15) is 14.7 Å². The summed E-state index contributed by atoms with van der Waals surface area (Å²) in [6.45, 7) is 5.52. The molecule has 0 saturated carbocycles. The van der Waals surface area contributed by atoms with Crippen LogP contribution in [0.4, 0.5) is 16.2 Å². The van der Waals surface area contributed by atoms with Crippen molar-refractivity contribution in [1.29, 1.82) is 0 Å². The predicted molar refractivity (Wildman–Crippen MR) is 165 cm³/mol. The zero-order chi connectivity index (χ0) is 29.6. The van der Waals surface area contributed by atoms with Crippen molar-refractivity contribution >= 4 is 34.1 Å². The number of hydrogen-bond donors (Lipinski definition) is 3. The first kappa shape index (κ1) is 29.0. The summed E-state index contributed by atoms with van der Waals surface area (Å²) in [5.41, 5.74) is 2.63. The molecule has 0 spiro atoms. The lowest BCUT2D eigenvalue weighted by molar-refractivity contribution is 0.0341. The number of aliphatic hydroxyl groups excluding tert-OH is 1. The number of hydrogen-bond acceptors (Lipinski definition) is 6. The maximum atomic E-state index is 13.8. The highest BCUT2D eigenvalue weighted by molar-refractivity contribution is 6.07. The number of aromatic nitrogens is 1. The maximum absolute atomic E-state index is 13.8. The fraction of sp³-hybridized carbons (Fsp3) is 0.303. The summed E-state index contributed by atoms with van der Waals surface area (Å²) >= 11 is 0. The molecule has 1 aromatic heterocycles. The van der Waals surface area contributed by atoms with Crippen LogP contribution in [0.1, 0.15) is 29.8 Å². The molecule has 42 heavy (non-hydrogen) atoms. The van der Waals surface area contributed by atoms with E-state index in [1.807, 2.05) is 68.6 Å². The average molecular weight is 568 g/mol. The van der Waals surface area contributed by atoms with E-state index in [-0.39, 0.29) is 30.6 Å². The minimum absolute atomic E-state index is 0.000245. The normalized spacial score (nSPS) is 17.6. The van der Waals surface area contributed by atoms with Crippen LogP contribution in [0.15, 0.2) is 85.2 Å². The second-order valence-corrected chi connectivity index (χ2v) is 11.0. The molecule has 9 heteroatoms. The number of amides is 3. The minimum atomic E-state index is -0.421. The highest BCUT2D eigenvalue weighted by Gasteiger charge is 2.33. The van der Waals surface area contributed by atoms with Crippen LogP contribution in [0.25, 0.3) is 10.8 Å². The first-order valence-electron chi connectivity index (χ1n) is 14.2. The molecule has 218 valence electrons. The first-order valence-corrected chi connectivity index (χ1v) is 14.2. The average Bonchev–Trinajstić information content (AvgIpc) is 2.99. The minimum Gasteiger partial charge on any atom is -0.488 e. The third-order valence-electron chi connectivity index (χ3n) is 7.65. The van der Waals surface area contributed by atoms with Crippen molar-refractivity contribution in [3.05, 3.63) is 96.3 Å². The van der Waals surface area contributed by atoms with Gasteiger partial charge in [-0.1, -0.05) is 43.3 Å². The Balaban J connectivity index is 1.37. The van der Waals surface area contributed by atoms with Crippen molar-refractivity contribution in [2.75, 3.05) is 37.4 Å². The van der Waals surface area contributed by atoms with Gasteiger partial charge in [0.15, 0.2) is 0 Å². The van der Waals surface area contributed by atoms with Gasteiger partial charge in [0.25, 0.3) is 5.91 Å². The van der Waals surface area contributed by atoms with Crippen LogP contribution in [-0.4, -0.2) is 70.7 Å². The van der Waals surface area contributed by atoms with E-state index in [1.54, 1.807) is 35.5 Å². The van der Waals surface area contributed by atoms with Crippen LogP contribution < -0.4 is 15.4 Å². The number of fused-ring (bicyclic) bond motifs is 2. The molecule has 3 atom stereocenters. The van der Waals surface area contributed by atoms with Crippen molar-refractivity contribution in [3.8, 4) is 5.75 Å². The third kappa shape index (κ3) is 6.70. The number of likely N-dealkylation sites (N-methyl/N-ethyl adjacent to an activating group) is 1. The van der Waals surface area contributed by atoms with E-state index < -0.39 is 6.03 Å². The number of rotatable bonds is 8. The summed E-state index contributed by atoms with van der Waals surface area (Å²) in [6.07, 6.45) is 3.34. The van der Waals surface area contributed by atoms with Crippen molar-refractivity contribution in [2.24, 2.45) is 5.92 Å². The Kier molecular flexibility index (Phi) is 9.00. The second kappa shape index (κ2) is 13.0. The Hall–Kier alpha value is -4.47. The lowest BCUT2D eigenvalue weighted by Gasteiger charge is -2.38. The number of anilines is 2. The molecule has 1 aliphatic heterocycles. The lowest BCUT2D eigenvalue weighted by atomic mass is 9.99. The molecule has 5 rings (SSSR count). The molecule has 0 bridgehead atoms. The van der Waals surface area contributed by atoms with Crippen molar-refractivity contribution in [1.82, 2.24) is 14.8 Å². The van der Waals surface area contributed by atoms with Gasteiger partial charge in [-0.05, 0) is 61.3 Å². The summed E-state index contributed by atoms with van der Waals surface area (Å²) in [5.74, 6) is 0.198. The van der Waals surface area contributed by atoms with Crippen LogP contribution in [0.5, 0.6) is 5.75 Å². The number of pyridine rings is 1. The third-order valence-corrected chi connectivity index (χ3v) is 7.65. The van der Waals surface area contributed by atoms with E-state index in [2.05, 4.69) is 27.4 Å². The summed E-state index contributed by atoms with van der Waals surface area (Å²) in [4.78, 5) is 34.7. The largest absolute Gasteiger partial charge is 0.488 e. The summed E-state index contributed by atoms with van der Waals surface area (Å²) in [7, 11) is 2.04. The van der Waals surface area contributed by atoms with Gasteiger partial charge in [-0.15, -0.1) is 0 Å². The number of ether oxygens (including phenoxy) is 1. The monoisotopic (exact) mass is 567 g/mol. The van der Waals surface area contributed by atoms with Crippen LogP contribution in [0.2, 0.25) is 0 Å². The fourth-order valence-corrected chi connectivity index (χ4v) is 5.31. The molecule has 0 fully saturated rings. The Morgan fingerprint density at radius 2 is 1.86 bits per heavy atom. The number of benzene rings is 3. The molecule has 1 aliphatic rings. The zero-order valence-corrected chi connectivity index (χ0v) is 24.2. The van der Waals surface area contributed by atoms with Crippen molar-refractivity contribution < 1.29 is 19.4 Å². The molecule has 3 N–H and O–H groups in total. The molecular weight excluding hydrogens is 530 g/mol. The van der Waals surface area contributed by atoms with Crippen LogP contribution in [-0.2, 0) is 6.54 Å². The molecule has 0 radical (unpaired) electrons. The Morgan fingerprint density at radius 3 is 2.64 bits per heavy atom. The molecule has 3 aromatic carbocycles. The molecule has 0 aliphatic carbocycles. The SMILES string of the molecule is C[C@H](CO)N1C[C@H](C)[C@H](CN(C)Cc2ccncc2)Oc2ccc(NC(=O)Nc3cccc4ccccc34)cc2C1=O. The molecule has 3 amide bonds.